The summed E-state index contributed by atoms with van der Waals surface area (Å²) in [5, 5.41) is 2.92. The van der Waals surface area contributed by atoms with Crippen molar-refractivity contribution >= 4 is 61.6 Å². The van der Waals surface area contributed by atoms with E-state index in [1.807, 2.05) is 36.4 Å². The minimum atomic E-state index is 0.741. The molecule has 0 saturated heterocycles. The molecule has 0 aliphatic rings. The third kappa shape index (κ3) is 2.70. The Labute approximate surface area is 129 Å². The van der Waals surface area contributed by atoms with Crippen LogP contribution in [0.3, 0.4) is 0 Å². The zero-order valence-corrected chi connectivity index (χ0v) is 12.8. The minimum Gasteiger partial charge on any atom is -0.289 e. The van der Waals surface area contributed by atoms with Gasteiger partial charge in [0.05, 0.1) is 4.90 Å². The molecule has 5 heteroatoms. The second-order valence-corrected chi connectivity index (χ2v) is 6.67. The maximum atomic E-state index is 6.02. The molecule has 19 heavy (non-hydrogen) atoms. The Balaban J connectivity index is 2.08. The molecule has 0 amide bonds. The summed E-state index contributed by atoms with van der Waals surface area (Å²) in [6.07, 6.45) is 0. The van der Waals surface area contributed by atoms with Crippen molar-refractivity contribution in [2.24, 2.45) is 0 Å². The van der Waals surface area contributed by atoms with Crippen LogP contribution >= 0.6 is 46.5 Å². The zero-order chi connectivity index (χ0) is 13.2. The van der Waals surface area contributed by atoms with Gasteiger partial charge in [0, 0.05) is 31.8 Å². The van der Waals surface area contributed by atoms with E-state index in [1.165, 1.54) is 10.1 Å². The first-order chi connectivity index (χ1) is 9.28. The lowest BCUT2D eigenvalue weighted by Crippen LogP contribution is -1.78. The van der Waals surface area contributed by atoms with Gasteiger partial charge in [0.25, 0.3) is 0 Å². The normalized spacial score (nSPS) is 10.8. The molecule has 96 valence electrons. The lowest BCUT2D eigenvalue weighted by molar-refractivity contribution is 1.45. The van der Waals surface area contributed by atoms with Gasteiger partial charge in [0.2, 0.25) is 0 Å². The van der Waals surface area contributed by atoms with E-state index >= 15 is 0 Å². The van der Waals surface area contributed by atoms with Crippen LogP contribution in [-0.4, -0.2) is 0 Å². The van der Waals surface area contributed by atoms with Crippen LogP contribution in [0.1, 0.15) is 0 Å². The molecule has 0 fully saturated rings. The standard InChI is InChI=1S/C14H9Cl2NS2/c15-9-4-3-5-10(8-9)18-13-11-6-1-2-7-12(11)19-14(13)17-16/h1-8,17H. The predicted molar refractivity (Wildman–Crippen MR) is 86.9 cm³/mol. The van der Waals surface area contributed by atoms with Crippen LogP contribution in [0.4, 0.5) is 5.00 Å². The van der Waals surface area contributed by atoms with Crippen molar-refractivity contribution in [1.82, 2.24) is 0 Å². The molecule has 3 aromatic rings. The number of fused-ring (bicyclic) bond motifs is 1. The van der Waals surface area contributed by atoms with Crippen LogP contribution in [0.15, 0.2) is 58.3 Å². The third-order valence-electron chi connectivity index (χ3n) is 2.65. The van der Waals surface area contributed by atoms with Crippen LogP contribution < -0.4 is 4.84 Å². The van der Waals surface area contributed by atoms with Gasteiger partial charge in [-0.15, -0.1) is 11.3 Å². The smallest absolute Gasteiger partial charge is 0.118 e. The average Bonchev–Trinajstić information content (AvgIpc) is 2.77. The topological polar surface area (TPSA) is 12.0 Å². The number of hydrogen-bond acceptors (Lipinski definition) is 3. The van der Waals surface area contributed by atoms with E-state index in [2.05, 4.69) is 17.0 Å². The molecule has 0 aliphatic heterocycles. The SMILES string of the molecule is ClNc1sc2ccccc2c1Sc1cccc(Cl)c1. The number of halogens is 2. The number of nitrogens with one attached hydrogen (secondary N) is 1. The van der Waals surface area contributed by atoms with E-state index in [0.29, 0.717) is 0 Å². The Morgan fingerprint density at radius 1 is 1.05 bits per heavy atom. The van der Waals surface area contributed by atoms with Crippen molar-refractivity contribution in [1.29, 1.82) is 0 Å². The van der Waals surface area contributed by atoms with E-state index in [0.717, 1.165) is 19.8 Å². The Kier molecular flexibility index (Phi) is 3.89. The molecular formula is C14H9Cl2NS2. The molecule has 0 radical (unpaired) electrons. The summed E-state index contributed by atoms with van der Waals surface area (Å²) in [5.74, 6) is 0. The van der Waals surface area contributed by atoms with Crippen molar-refractivity contribution < 1.29 is 0 Å². The Morgan fingerprint density at radius 3 is 2.68 bits per heavy atom. The van der Waals surface area contributed by atoms with Gasteiger partial charge >= 0.3 is 0 Å². The quantitative estimate of drug-likeness (QED) is 0.569. The van der Waals surface area contributed by atoms with E-state index in [-0.39, 0.29) is 0 Å². The number of hydrogen-bond donors (Lipinski definition) is 1. The largest absolute Gasteiger partial charge is 0.289 e. The molecule has 0 aliphatic carbocycles. The molecule has 2 aromatic carbocycles. The molecule has 0 bridgehead atoms. The first-order valence-electron chi connectivity index (χ1n) is 5.59. The Bertz CT molecular complexity index is 724. The summed E-state index contributed by atoms with van der Waals surface area (Å²) in [4.78, 5) is 4.99. The average molecular weight is 326 g/mol. The summed E-state index contributed by atoms with van der Waals surface area (Å²) in [7, 11) is 0. The fourth-order valence-corrected chi connectivity index (χ4v) is 4.56. The van der Waals surface area contributed by atoms with Crippen LogP contribution in [0.5, 0.6) is 0 Å². The summed E-state index contributed by atoms with van der Waals surface area (Å²) < 4.78 is 1.22. The fourth-order valence-electron chi connectivity index (χ4n) is 1.83. The monoisotopic (exact) mass is 325 g/mol. The van der Waals surface area contributed by atoms with Gasteiger partial charge in [0.1, 0.15) is 5.00 Å². The summed E-state index contributed by atoms with van der Waals surface area (Å²) >= 11 is 15.2. The molecule has 3 rings (SSSR count). The van der Waals surface area contributed by atoms with Crippen LogP contribution in [0.2, 0.25) is 5.02 Å². The summed E-state index contributed by atoms with van der Waals surface area (Å²) in [6, 6.07) is 16.1. The van der Waals surface area contributed by atoms with Gasteiger partial charge in [-0.05, 0) is 24.3 Å². The molecule has 1 N–H and O–H groups in total. The second-order valence-electron chi connectivity index (χ2n) is 3.91. The molecule has 0 unspecified atom stereocenters. The van der Waals surface area contributed by atoms with Crippen molar-refractivity contribution in [3.63, 3.8) is 0 Å². The highest BCUT2D eigenvalue weighted by atomic mass is 35.5. The molecule has 0 spiro atoms. The van der Waals surface area contributed by atoms with Gasteiger partial charge in [0.15, 0.2) is 0 Å². The third-order valence-corrected chi connectivity index (χ3v) is 5.52. The van der Waals surface area contributed by atoms with Crippen LogP contribution in [-0.2, 0) is 0 Å². The van der Waals surface area contributed by atoms with Gasteiger partial charge in [-0.2, -0.15) is 0 Å². The Morgan fingerprint density at radius 2 is 1.89 bits per heavy atom. The van der Waals surface area contributed by atoms with Crippen LogP contribution in [0.25, 0.3) is 10.1 Å². The maximum Gasteiger partial charge on any atom is 0.118 e. The number of thiophene rings is 1. The van der Waals surface area contributed by atoms with E-state index < -0.39 is 0 Å². The van der Waals surface area contributed by atoms with E-state index in [4.69, 9.17) is 23.4 Å². The van der Waals surface area contributed by atoms with Crippen molar-refractivity contribution in [2.45, 2.75) is 9.79 Å². The maximum absolute atomic E-state index is 6.02. The first-order valence-corrected chi connectivity index (χ1v) is 7.98. The van der Waals surface area contributed by atoms with Gasteiger partial charge in [-0.1, -0.05) is 47.6 Å². The Hall–Kier alpha value is -0.870. The molecule has 1 heterocycles. The zero-order valence-electron chi connectivity index (χ0n) is 9.69. The highest BCUT2D eigenvalue weighted by Crippen LogP contribution is 2.45. The van der Waals surface area contributed by atoms with Crippen molar-refractivity contribution in [3.05, 3.63) is 53.6 Å². The van der Waals surface area contributed by atoms with Gasteiger partial charge in [-0.3, -0.25) is 4.84 Å². The molecule has 0 saturated carbocycles. The predicted octanol–water partition coefficient (Wildman–Crippen LogP) is 6.27. The van der Waals surface area contributed by atoms with Gasteiger partial charge < -0.3 is 0 Å². The minimum absolute atomic E-state index is 0.741. The fraction of sp³-hybridized carbons (Fsp3) is 0. The van der Waals surface area contributed by atoms with Gasteiger partial charge in [-0.25, -0.2) is 0 Å². The molecule has 0 atom stereocenters. The second kappa shape index (κ2) is 5.63. The number of anilines is 1. The lowest BCUT2D eigenvalue weighted by Gasteiger charge is -2.03. The van der Waals surface area contributed by atoms with E-state index in [9.17, 15) is 0 Å². The number of benzene rings is 2. The highest BCUT2D eigenvalue weighted by Gasteiger charge is 2.12. The van der Waals surface area contributed by atoms with E-state index in [1.54, 1.807) is 23.1 Å². The summed E-state index contributed by atoms with van der Waals surface area (Å²) in [5.41, 5.74) is 0. The van der Waals surface area contributed by atoms with Crippen LogP contribution in [0, 0.1) is 0 Å². The molecule has 1 nitrogen and oxygen atoms in total. The first kappa shape index (κ1) is 13.1. The van der Waals surface area contributed by atoms with Crippen molar-refractivity contribution in [3.8, 4) is 0 Å². The molecule has 1 aromatic heterocycles. The highest BCUT2D eigenvalue weighted by molar-refractivity contribution is 8.00. The lowest BCUT2D eigenvalue weighted by atomic mass is 10.3. The molecular weight excluding hydrogens is 317 g/mol. The number of rotatable bonds is 3. The van der Waals surface area contributed by atoms with Crippen molar-refractivity contribution in [2.75, 3.05) is 4.84 Å². The summed E-state index contributed by atoms with van der Waals surface area (Å²) in [6.45, 7) is 0.